The fourth-order valence-electron chi connectivity index (χ4n) is 3.80. The second kappa shape index (κ2) is 9.89. The molecule has 0 N–H and O–H groups in total. The molecule has 1 aliphatic heterocycles. The van der Waals surface area contributed by atoms with Gasteiger partial charge in [-0.25, -0.2) is 4.99 Å². The first-order valence-corrected chi connectivity index (χ1v) is 13.3. The number of thiazole rings is 1. The number of hydrogen-bond acceptors (Lipinski definition) is 5. The minimum atomic E-state index is -0.600. The van der Waals surface area contributed by atoms with Gasteiger partial charge in [0.05, 0.1) is 26.3 Å². The highest BCUT2D eigenvalue weighted by atomic mass is 127. The van der Waals surface area contributed by atoms with E-state index in [0.717, 1.165) is 10.0 Å². The van der Waals surface area contributed by atoms with Gasteiger partial charge in [-0.05, 0) is 60.5 Å². The molecule has 4 rings (SSSR count). The number of nitrogens with zero attached hydrogens (tertiary/aromatic N) is 3. The summed E-state index contributed by atoms with van der Waals surface area (Å²) in [5.74, 6) is 0.440. The van der Waals surface area contributed by atoms with Gasteiger partial charge in [-0.1, -0.05) is 35.1 Å². The first kappa shape index (κ1) is 24.4. The Labute approximate surface area is 221 Å². The van der Waals surface area contributed by atoms with Crippen LogP contribution in [0.4, 0.5) is 0 Å². The van der Waals surface area contributed by atoms with Crippen LogP contribution < -0.4 is 14.9 Å². The van der Waals surface area contributed by atoms with Gasteiger partial charge in [-0.15, -0.1) is 0 Å². The molecule has 10 heteroatoms. The van der Waals surface area contributed by atoms with Crippen molar-refractivity contribution in [3.63, 3.8) is 0 Å². The van der Waals surface area contributed by atoms with Crippen molar-refractivity contribution in [2.24, 2.45) is 4.99 Å². The fraction of sp³-hybridized carbons (Fsp3) is 0.261. The van der Waals surface area contributed by atoms with Gasteiger partial charge in [0.15, 0.2) is 8.57 Å². The van der Waals surface area contributed by atoms with Gasteiger partial charge in [-0.3, -0.25) is 14.2 Å². The minimum absolute atomic E-state index is 0.125. The van der Waals surface area contributed by atoms with Gasteiger partial charge < -0.3 is 9.32 Å². The summed E-state index contributed by atoms with van der Waals surface area (Å²) in [6.45, 7) is 6.83. The summed E-state index contributed by atoms with van der Waals surface area (Å²) in [6.07, 6.45) is 1.71. The number of amides is 1. The van der Waals surface area contributed by atoms with Gasteiger partial charge in [0.2, 0.25) is 0 Å². The molecule has 0 unspecified atom stereocenters. The molecule has 0 bridgehead atoms. The van der Waals surface area contributed by atoms with Crippen molar-refractivity contribution in [2.45, 2.75) is 26.8 Å². The number of carbonyl (C=O) groups excluding carboxylic acids is 1. The van der Waals surface area contributed by atoms with E-state index in [1.165, 1.54) is 11.3 Å². The molecule has 1 aromatic carbocycles. The Morgan fingerprint density at radius 2 is 2.00 bits per heavy atom. The van der Waals surface area contributed by atoms with Gasteiger partial charge in [0.1, 0.15) is 5.76 Å². The highest BCUT2D eigenvalue weighted by Crippen LogP contribution is 2.32. The third kappa shape index (κ3) is 4.65. The van der Waals surface area contributed by atoms with E-state index in [-0.39, 0.29) is 11.5 Å². The van der Waals surface area contributed by atoms with Crippen LogP contribution in [0.3, 0.4) is 0 Å². The average Bonchev–Trinajstić information content (AvgIpc) is 3.26. The number of fused-ring (bicyclic) bond motifs is 1. The van der Waals surface area contributed by atoms with Gasteiger partial charge in [-0.2, -0.15) is 0 Å². The molecule has 2 aromatic heterocycles. The highest BCUT2D eigenvalue weighted by Gasteiger charge is 2.34. The number of benzene rings is 1. The Balaban J connectivity index is 1.96. The fourth-order valence-corrected chi connectivity index (χ4v) is 5.67. The van der Waals surface area contributed by atoms with Crippen LogP contribution >= 0.6 is 61.5 Å². The largest absolute Gasteiger partial charge is 0.450 e. The van der Waals surface area contributed by atoms with Gasteiger partial charge in [0.25, 0.3) is 11.5 Å². The Bertz CT molecular complexity index is 1420. The van der Waals surface area contributed by atoms with Crippen LogP contribution in [0.25, 0.3) is 6.08 Å². The van der Waals surface area contributed by atoms with Crippen molar-refractivity contribution in [3.05, 3.63) is 85.9 Å². The van der Waals surface area contributed by atoms with Crippen LogP contribution in [0, 0.1) is 3.77 Å². The molecule has 1 atom stereocenters. The molecule has 0 fully saturated rings. The molecule has 0 spiro atoms. The van der Waals surface area contributed by atoms with Crippen molar-refractivity contribution < 1.29 is 9.21 Å². The average molecular weight is 661 g/mol. The van der Waals surface area contributed by atoms with Crippen LogP contribution in [0.5, 0.6) is 0 Å². The first-order valence-electron chi connectivity index (χ1n) is 10.3. The molecule has 0 aliphatic carbocycles. The van der Waals surface area contributed by atoms with E-state index in [9.17, 15) is 9.59 Å². The lowest BCUT2D eigenvalue weighted by Crippen LogP contribution is -2.43. The lowest BCUT2D eigenvalue weighted by atomic mass is 9.94. The van der Waals surface area contributed by atoms with E-state index >= 15 is 0 Å². The molecular formula is C23H20BrClIN3O3S. The van der Waals surface area contributed by atoms with E-state index in [4.69, 9.17) is 16.0 Å². The molecule has 0 radical (unpaired) electrons. The smallest absolute Gasteiger partial charge is 0.271 e. The zero-order valence-electron chi connectivity index (χ0n) is 18.1. The number of aromatic nitrogens is 1. The van der Waals surface area contributed by atoms with Crippen LogP contribution in [0.1, 0.15) is 38.1 Å². The predicted octanol–water partition coefficient (Wildman–Crippen LogP) is 4.72. The zero-order chi connectivity index (χ0) is 23.9. The third-order valence-corrected chi connectivity index (χ3v) is 8.79. The summed E-state index contributed by atoms with van der Waals surface area (Å²) < 4.78 is 9.31. The molecule has 1 aliphatic rings. The van der Waals surface area contributed by atoms with E-state index < -0.39 is 6.04 Å². The maximum atomic E-state index is 13.6. The Morgan fingerprint density at radius 3 is 2.58 bits per heavy atom. The zero-order valence-corrected chi connectivity index (χ0v) is 23.4. The molecule has 3 aromatic rings. The van der Waals surface area contributed by atoms with Crippen molar-refractivity contribution in [3.8, 4) is 0 Å². The van der Waals surface area contributed by atoms with Crippen molar-refractivity contribution in [2.75, 3.05) is 13.1 Å². The lowest BCUT2D eigenvalue weighted by molar-refractivity contribution is -0.127. The number of halogens is 3. The number of carbonyl (C=O) groups is 1. The quantitative estimate of drug-likeness (QED) is 0.373. The van der Waals surface area contributed by atoms with Gasteiger partial charge in [0, 0.05) is 46.8 Å². The monoisotopic (exact) mass is 659 g/mol. The number of allylic oxidation sites excluding steroid dienone is 1. The highest BCUT2D eigenvalue weighted by molar-refractivity contribution is 14.1. The first-order chi connectivity index (χ1) is 15.7. The number of hydrogen-bond donors (Lipinski definition) is 0. The minimum Gasteiger partial charge on any atom is -0.450 e. The SMILES string of the molecule is CCN(CC)C(=O)C1=C(C)N=c2s/c(=C/c3cc(Br)c(I)o3)c(=O)n2[C@H]1c1ccc(Cl)cc1. The molecule has 172 valence electrons. The van der Waals surface area contributed by atoms with Crippen LogP contribution in [-0.4, -0.2) is 28.5 Å². The normalized spacial score (nSPS) is 16.1. The number of rotatable bonds is 5. The lowest BCUT2D eigenvalue weighted by Gasteiger charge is -2.29. The summed E-state index contributed by atoms with van der Waals surface area (Å²) in [4.78, 5) is 34.1. The van der Waals surface area contributed by atoms with E-state index in [1.807, 2.05) is 39.0 Å². The van der Waals surface area contributed by atoms with Crippen molar-refractivity contribution in [1.82, 2.24) is 9.47 Å². The second-order valence-corrected chi connectivity index (χ2v) is 10.7. The topological polar surface area (TPSA) is 67.8 Å². The summed E-state index contributed by atoms with van der Waals surface area (Å²) in [5.41, 5.74) is 1.68. The molecule has 6 nitrogen and oxygen atoms in total. The number of furan rings is 1. The van der Waals surface area contributed by atoms with Crippen LogP contribution in [0.2, 0.25) is 5.02 Å². The molecule has 0 saturated heterocycles. The number of likely N-dealkylation sites (N-methyl/N-ethyl adjacent to an activating group) is 1. The molecule has 3 heterocycles. The summed E-state index contributed by atoms with van der Waals surface area (Å²) in [7, 11) is 0. The third-order valence-electron chi connectivity index (χ3n) is 5.43. The Morgan fingerprint density at radius 1 is 1.33 bits per heavy atom. The van der Waals surface area contributed by atoms with Crippen molar-refractivity contribution >= 4 is 73.4 Å². The Hall–Kier alpha value is -1.69. The van der Waals surface area contributed by atoms with Crippen LogP contribution in [-0.2, 0) is 4.79 Å². The van der Waals surface area contributed by atoms with Crippen LogP contribution in [0.15, 0.2) is 60.3 Å². The molecule has 33 heavy (non-hydrogen) atoms. The predicted molar refractivity (Wildman–Crippen MR) is 142 cm³/mol. The molecule has 0 saturated carbocycles. The van der Waals surface area contributed by atoms with E-state index in [1.54, 1.807) is 27.7 Å². The summed E-state index contributed by atoms with van der Waals surface area (Å²) >= 11 is 12.9. The maximum absolute atomic E-state index is 13.6. The van der Waals surface area contributed by atoms with E-state index in [0.29, 0.717) is 48.2 Å². The standard InChI is InChI=1S/C23H20BrClIN3O3S/c1-4-28(5-2)22(31)18-12(3)27-23-29(19(18)13-6-8-14(25)9-7-13)21(30)17(33-23)11-15-10-16(24)20(26)32-15/h6-11,19H,4-5H2,1-3H3/b17-11+/t19-/m0/s1. The molecule has 1 amide bonds. The summed E-state index contributed by atoms with van der Waals surface area (Å²) in [5, 5.41) is 0.585. The van der Waals surface area contributed by atoms with Crippen molar-refractivity contribution in [1.29, 1.82) is 0 Å². The van der Waals surface area contributed by atoms with Gasteiger partial charge >= 0.3 is 0 Å². The second-order valence-electron chi connectivity index (χ2n) is 7.38. The van der Waals surface area contributed by atoms with E-state index in [2.05, 4.69) is 43.5 Å². The Kier molecular flexibility index (Phi) is 7.32. The summed E-state index contributed by atoms with van der Waals surface area (Å²) in [6, 6.07) is 8.46. The maximum Gasteiger partial charge on any atom is 0.271 e. The molecular weight excluding hydrogens is 641 g/mol.